The molecule has 0 N–H and O–H groups in total. The lowest BCUT2D eigenvalue weighted by molar-refractivity contribution is -0.144. The van der Waals surface area contributed by atoms with Crippen LogP contribution in [-0.4, -0.2) is 49.3 Å². The van der Waals surface area contributed by atoms with Crippen molar-refractivity contribution in [2.24, 2.45) is 0 Å². The summed E-state index contributed by atoms with van der Waals surface area (Å²) in [4.78, 5) is 37.4. The highest BCUT2D eigenvalue weighted by Crippen LogP contribution is 2.63. The summed E-state index contributed by atoms with van der Waals surface area (Å²) < 4.78 is 22.9. The number of hydrogen-bond acceptors (Lipinski definition) is 8. The highest BCUT2D eigenvalue weighted by molar-refractivity contribution is 5.91. The molecule has 2 aliphatic carbocycles. The van der Waals surface area contributed by atoms with Gasteiger partial charge in [-0.25, -0.2) is 9.97 Å². The third kappa shape index (κ3) is 5.68. The van der Waals surface area contributed by atoms with Crippen molar-refractivity contribution in [1.82, 2.24) is 9.97 Å². The highest BCUT2D eigenvalue weighted by Gasteiger charge is 2.54. The van der Waals surface area contributed by atoms with Gasteiger partial charge in [0.25, 0.3) is 0 Å². The van der Waals surface area contributed by atoms with Crippen LogP contribution in [0.3, 0.4) is 0 Å². The molecule has 0 bridgehead atoms. The van der Waals surface area contributed by atoms with E-state index in [0.717, 1.165) is 66.6 Å². The average molecular weight is 707 g/mol. The molecule has 8 heteroatoms. The topological polar surface area (TPSA) is 96.8 Å². The summed E-state index contributed by atoms with van der Waals surface area (Å²) in [6.45, 7) is 4.25. The summed E-state index contributed by atoms with van der Waals surface area (Å²) in [6, 6.07) is 33.1. The Morgan fingerprint density at radius 1 is 0.566 bits per heavy atom. The molecular weight excluding hydrogens is 665 g/mol. The largest absolute Gasteiger partial charge is 0.497 e. The number of pyridine rings is 2. The van der Waals surface area contributed by atoms with Crippen LogP contribution >= 0.6 is 0 Å². The molecule has 2 heterocycles. The van der Waals surface area contributed by atoms with Crippen LogP contribution in [-0.2, 0) is 29.9 Å². The van der Waals surface area contributed by atoms with Gasteiger partial charge in [0.2, 0.25) is 0 Å². The maximum atomic E-state index is 13.4. The fraction of sp³-hybridized carbons (Fsp3) is 0.289. The molecule has 8 rings (SSSR count). The quantitative estimate of drug-likeness (QED) is 0.116. The Hall–Kier alpha value is -5.76. The molecular formula is C45H42N2O6. The lowest BCUT2D eigenvalue weighted by Gasteiger charge is -2.42. The van der Waals surface area contributed by atoms with E-state index in [1.807, 2.05) is 62.4 Å². The Bertz CT molecular complexity index is 2240. The van der Waals surface area contributed by atoms with Gasteiger partial charge >= 0.3 is 11.9 Å². The zero-order chi connectivity index (χ0) is 36.7. The third-order valence-corrected chi connectivity index (χ3v) is 11.2. The number of esters is 2. The summed E-state index contributed by atoms with van der Waals surface area (Å²) >= 11 is 0. The van der Waals surface area contributed by atoms with Gasteiger partial charge in [-0.1, -0.05) is 36.4 Å². The van der Waals surface area contributed by atoms with Crippen LogP contribution in [0, 0.1) is 0 Å². The second-order valence-electron chi connectivity index (χ2n) is 13.9. The van der Waals surface area contributed by atoms with Gasteiger partial charge in [0, 0.05) is 45.6 Å². The van der Waals surface area contributed by atoms with Gasteiger partial charge in [0.05, 0.1) is 49.9 Å². The van der Waals surface area contributed by atoms with Crippen LogP contribution < -0.4 is 9.47 Å². The highest BCUT2D eigenvalue weighted by atomic mass is 16.5. The fourth-order valence-corrected chi connectivity index (χ4v) is 8.88. The predicted molar refractivity (Wildman–Crippen MR) is 205 cm³/mol. The van der Waals surface area contributed by atoms with Gasteiger partial charge < -0.3 is 18.9 Å². The molecule has 0 fully saturated rings. The zero-order valence-electron chi connectivity index (χ0n) is 30.5. The van der Waals surface area contributed by atoms with E-state index in [9.17, 15) is 9.59 Å². The molecule has 4 aromatic carbocycles. The van der Waals surface area contributed by atoms with Gasteiger partial charge in [0.1, 0.15) is 11.5 Å². The minimum Gasteiger partial charge on any atom is -0.497 e. The first kappa shape index (κ1) is 34.3. The van der Waals surface area contributed by atoms with Crippen molar-refractivity contribution in [2.75, 3.05) is 27.4 Å². The number of aromatic nitrogens is 2. The van der Waals surface area contributed by atoms with Crippen molar-refractivity contribution in [3.63, 3.8) is 0 Å². The van der Waals surface area contributed by atoms with Crippen LogP contribution in [0.4, 0.5) is 0 Å². The minimum atomic E-state index is -0.773. The average Bonchev–Trinajstić information content (AvgIpc) is 3.59. The summed E-state index contributed by atoms with van der Waals surface area (Å²) in [6.07, 6.45) is 1.74. The molecule has 8 nitrogen and oxygen atoms in total. The second-order valence-corrected chi connectivity index (χ2v) is 13.9. The number of nitrogens with zero attached hydrogens (tertiary/aromatic N) is 2. The molecule has 2 aliphatic rings. The van der Waals surface area contributed by atoms with Gasteiger partial charge in [-0.2, -0.15) is 0 Å². The van der Waals surface area contributed by atoms with Crippen LogP contribution in [0.15, 0.2) is 97.1 Å². The summed E-state index contributed by atoms with van der Waals surface area (Å²) in [7, 11) is 3.34. The fourth-order valence-electron chi connectivity index (χ4n) is 8.88. The SMILES string of the molecule is CCOC(=O)CCC1(CC2(CCC(=O)OCC)c3cc(OC)ccc3-c3nc4ccccc4cc32)c2cc(OC)ccc2-c2nc3ccccc3cc21. The Balaban J connectivity index is 1.46. The number of para-hydroxylation sites is 2. The number of carbonyl (C=O) groups is 2. The predicted octanol–water partition coefficient (Wildman–Crippen LogP) is 9.11. The van der Waals surface area contributed by atoms with E-state index < -0.39 is 10.8 Å². The molecule has 0 amide bonds. The molecule has 268 valence electrons. The Morgan fingerprint density at radius 2 is 1.00 bits per heavy atom. The van der Waals surface area contributed by atoms with Crippen molar-refractivity contribution >= 4 is 33.7 Å². The smallest absolute Gasteiger partial charge is 0.305 e. The first-order valence-electron chi connectivity index (χ1n) is 18.3. The minimum absolute atomic E-state index is 0.179. The maximum Gasteiger partial charge on any atom is 0.305 e. The maximum absolute atomic E-state index is 13.4. The van der Waals surface area contributed by atoms with Crippen molar-refractivity contribution in [3.8, 4) is 34.0 Å². The van der Waals surface area contributed by atoms with Gasteiger partial charge in [-0.05, 0) is 116 Å². The molecule has 0 saturated carbocycles. The molecule has 2 unspecified atom stereocenters. The van der Waals surface area contributed by atoms with Crippen LogP contribution in [0.25, 0.3) is 44.3 Å². The lowest BCUT2D eigenvalue weighted by atomic mass is 9.59. The number of methoxy groups -OCH3 is 2. The van der Waals surface area contributed by atoms with E-state index in [-0.39, 0.29) is 24.8 Å². The molecule has 53 heavy (non-hydrogen) atoms. The Labute approximate surface area is 309 Å². The van der Waals surface area contributed by atoms with Crippen LogP contribution in [0.5, 0.6) is 11.5 Å². The van der Waals surface area contributed by atoms with Gasteiger partial charge in [-0.15, -0.1) is 0 Å². The number of benzene rings is 4. The normalized spacial score (nSPS) is 17.9. The Kier molecular flexibility index (Phi) is 8.85. The number of carbonyl (C=O) groups excluding carboxylic acids is 2. The monoisotopic (exact) mass is 706 g/mol. The number of ether oxygens (including phenoxy) is 4. The van der Waals surface area contributed by atoms with E-state index in [4.69, 9.17) is 28.9 Å². The number of rotatable bonds is 12. The molecule has 0 saturated heterocycles. The standard InChI is InChI=1S/C45H42N2O6/c1-5-52-40(48)19-21-44(34-25-30(50-3)15-17-32(34)42-36(44)23-28-11-7-9-13-38(28)46-42)27-45(22-20-41(49)53-6-2)35-26-31(51-4)16-18-33(35)43-37(45)24-29-12-8-10-14-39(29)47-43/h7-18,23-26H,5-6,19-22,27H2,1-4H3. The molecule has 0 spiro atoms. The van der Waals surface area contributed by atoms with Gasteiger partial charge in [0.15, 0.2) is 0 Å². The zero-order valence-corrected chi connectivity index (χ0v) is 30.5. The first-order chi connectivity index (χ1) is 25.8. The van der Waals surface area contributed by atoms with Crippen molar-refractivity contribution in [1.29, 1.82) is 0 Å². The van der Waals surface area contributed by atoms with Crippen LogP contribution in [0.1, 0.15) is 68.2 Å². The summed E-state index contributed by atoms with van der Waals surface area (Å²) in [5.74, 6) is 0.897. The first-order valence-corrected chi connectivity index (χ1v) is 18.3. The Morgan fingerprint density at radius 3 is 1.42 bits per heavy atom. The lowest BCUT2D eigenvalue weighted by Crippen LogP contribution is -2.39. The van der Waals surface area contributed by atoms with Gasteiger partial charge in [-0.3, -0.25) is 9.59 Å². The number of fused-ring (bicyclic) bond motifs is 8. The molecule has 0 aliphatic heterocycles. The van der Waals surface area contributed by atoms with Crippen molar-refractivity contribution in [3.05, 3.63) is 119 Å². The third-order valence-electron chi connectivity index (χ3n) is 11.2. The summed E-state index contributed by atoms with van der Waals surface area (Å²) in [5.41, 5.74) is 8.12. The summed E-state index contributed by atoms with van der Waals surface area (Å²) in [5, 5.41) is 2.02. The molecule has 6 aromatic rings. The van der Waals surface area contributed by atoms with E-state index in [1.165, 1.54) is 0 Å². The number of hydrogen-bond donors (Lipinski definition) is 0. The van der Waals surface area contributed by atoms with Crippen molar-refractivity contribution < 1.29 is 28.5 Å². The molecule has 2 atom stereocenters. The van der Waals surface area contributed by atoms with E-state index in [0.29, 0.717) is 44.0 Å². The second kappa shape index (κ2) is 13.7. The molecule has 2 aromatic heterocycles. The molecule has 0 radical (unpaired) electrons. The van der Waals surface area contributed by atoms with Crippen LogP contribution in [0.2, 0.25) is 0 Å². The van der Waals surface area contributed by atoms with Crippen molar-refractivity contribution in [2.45, 2.75) is 56.8 Å². The van der Waals surface area contributed by atoms with E-state index >= 15 is 0 Å². The van der Waals surface area contributed by atoms with E-state index in [1.54, 1.807) is 14.2 Å². The van der Waals surface area contributed by atoms with E-state index in [2.05, 4.69) is 48.5 Å².